The van der Waals surface area contributed by atoms with Crippen LogP contribution in [0.2, 0.25) is 0 Å². The lowest BCUT2D eigenvalue weighted by atomic mass is 9.87. The van der Waals surface area contributed by atoms with Gasteiger partial charge in [0.2, 0.25) is 0 Å². The average Bonchev–Trinajstić information content (AvgIpc) is 2.48. The molecule has 1 N–H and O–H groups in total. The van der Waals surface area contributed by atoms with Gasteiger partial charge in [0.05, 0.1) is 0 Å². The number of hydrogen-bond acceptors (Lipinski definition) is 3. The van der Waals surface area contributed by atoms with Crippen LogP contribution in [-0.4, -0.2) is 72.6 Å². The topological polar surface area (TPSA) is 30.9 Å². The summed E-state index contributed by atoms with van der Waals surface area (Å²) in [6.07, 6.45) is 7.00. The maximum absolute atomic E-state index is 4.56. The van der Waals surface area contributed by atoms with E-state index in [0.29, 0.717) is 4.75 Å². The second kappa shape index (κ2) is 9.13. The van der Waals surface area contributed by atoms with E-state index in [1.54, 1.807) is 0 Å². The lowest BCUT2D eigenvalue weighted by Crippen LogP contribution is -2.56. The van der Waals surface area contributed by atoms with Crippen LogP contribution in [0.5, 0.6) is 0 Å². The Hall–Kier alpha value is 0.310. The molecule has 0 aromatic carbocycles. The van der Waals surface area contributed by atoms with E-state index in [1.165, 1.54) is 44.4 Å². The summed E-state index contributed by atoms with van der Waals surface area (Å²) in [5.41, 5.74) is 0.128. The predicted molar refractivity (Wildman–Crippen MR) is 114 cm³/mol. The van der Waals surface area contributed by atoms with E-state index in [-0.39, 0.29) is 29.5 Å². The van der Waals surface area contributed by atoms with Crippen molar-refractivity contribution in [3.05, 3.63) is 0 Å². The van der Waals surface area contributed by atoms with Gasteiger partial charge in [-0.25, -0.2) is 0 Å². The zero-order chi connectivity index (χ0) is 16.2. The number of guanidine groups is 1. The third-order valence-electron chi connectivity index (χ3n) is 5.41. The molecule has 2 fully saturated rings. The van der Waals surface area contributed by atoms with Crippen LogP contribution in [0.3, 0.4) is 0 Å². The van der Waals surface area contributed by atoms with Crippen molar-refractivity contribution in [1.82, 2.24) is 15.1 Å². The second-order valence-electron chi connectivity index (χ2n) is 7.62. The summed E-state index contributed by atoms with van der Waals surface area (Å²) in [5, 5.41) is 3.61. The summed E-state index contributed by atoms with van der Waals surface area (Å²) in [6, 6.07) is 0. The summed E-state index contributed by atoms with van der Waals surface area (Å²) < 4.78 is 0.491. The number of nitrogens with one attached hydrogen (secondary N) is 1. The number of aliphatic imine (C=N–C) groups is 1. The first-order valence-corrected chi connectivity index (χ1v) is 9.64. The summed E-state index contributed by atoms with van der Waals surface area (Å²) in [6.45, 7) is 7.74. The van der Waals surface area contributed by atoms with E-state index < -0.39 is 0 Å². The van der Waals surface area contributed by atoms with Gasteiger partial charge in [0.1, 0.15) is 0 Å². The minimum absolute atomic E-state index is 0. The fourth-order valence-electron chi connectivity index (χ4n) is 3.31. The normalized spacial score (nSPS) is 22.2. The number of halogens is 1. The first-order valence-electron chi connectivity index (χ1n) is 8.66. The lowest BCUT2D eigenvalue weighted by molar-refractivity contribution is 0.194. The third-order valence-corrected chi connectivity index (χ3v) is 6.95. The Bertz CT molecular complexity index is 387. The molecule has 2 aliphatic rings. The van der Waals surface area contributed by atoms with E-state index in [0.717, 1.165) is 19.0 Å². The monoisotopic (exact) mass is 454 g/mol. The highest BCUT2D eigenvalue weighted by Crippen LogP contribution is 2.42. The van der Waals surface area contributed by atoms with Crippen molar-refractivity contribution in [1.29, 1.82) is 0 Å². The minimum Gasteiger partial charge on any atom is -0.354 e. The van der Waals surface area contributed by atoms with Gasteiger partial charge in [0.15, 0.2) is 5.96 Å². The Labute approximate surface area is 164 Å². The Morgan fingerprint density at radius 3 is 2.48 bits per heavy atom. The number of thioether (sulfide) groups is 1. The molecule has 0 aromatic rings. The SMILES string of the molecule is CN=C(NCC(C)(C)N(C)C)N1CCSC2(CCCCC2)C1.I. The fourth-order valence-corrected chi connectivity index (χ4v) is 4.88. The second-order valence-corrected chi connectivity index (χ2v) is 9.18. The lowest BCUT2D eigenvalue weighted by Gasteiger charge is -2.46. The van der Waals surface area contributed by atoms with Gasteiger partial charge >= 0.3 is 0 Å². The van der Waals surface area contributed by atoms with E-state index in [4.69, 9.17) is 0 Å². The maximum atomic E-state index is 4.56. The molecule has 2 rings (SSSR count). The molecule has 1 spiro atoms. The molecule has 1 aliphatic heterocycles. The molecule has 136 valence electrons. The smallest absolute Gasteiger partial charge is 0.193 e. The number of hydrogen-bond donors (Lipinski definition) is 1. The summed E-state index contributed by atoms with van der Waals surface area (Å²) in [4.78, 5) is 9.32. The zero-order valence-corrected chi connectivity index (χ0v) is 18.7. The van der Waals surface area contributed by atoms with Crippen molar-refractivity contribution in [2.75, 3.05) is 46.5 Å². The molecule has 0 atom stereocenters. The molecule has 6 heteroatoms. The van der Waals surface area contributed by atoms with Crippen LogP contribution in [0.4, 0.5) is 0 Å². The number of nitrogens with zero attached hydrogens (tertiary/aromatic N) is 3. The van der Waals surface area contributed by atoms with Gasteiger partial charge in [-0.1, -0.05) is 19.3 Å². The molecule has 1 saturated carbocycles. The molecular formula is C17H35IN4S. The Kier molecular flexibility index (Phi) is 8.48. The van der Waals surface area contributed by atoms with Crippen molar-refractivity contribution in [3.8, 4) is 0 Å². The molecule has 23 heavy (non-hydrogen) atoms. The van der Waals surface area contributed by atoms with Gasteiger partial charge in [-0.05, 0) is 40.8 Å². The van der Waals surface area contributed by atoms with Crippen molar-refractivity contribution >= 4 is 41.7 Å². The zero-order valence-electron chi connectivity index (χ0n) is 15.5. The molecular weight excluding hydrogens is 419 g/mol. The molecule has 4 nitrogen and oxygen atoms in total. The van der Waals surface area contributed by atoms with E-state index in [1.807, 2.05) is 7.05 Å². The largest absolute Gasteiger partial charge is 0.354 e. The van der Waals surface area contributed by atoms with E-state index in [9.17, 15) is 0 Å². The van der Waals surface area contributed by atoms with Crippen LogP contribution in [0.25, 0.3) is 0 Å². The minimum atomic E-state index is 0. The first kappa shape index (κ1) is 21.4. The highest BCUT2D eigenvalue weighted by molar-refractivity contribution is 14.0. The van der Waals surface area contributed by atoms with Crippen LogP contribution in [0, 0.1) is 0 Å². The van der Waals surface area contributed by atoms with Gasteiger partial charge in [-0.3, -0.25) is 4.99 Å². The third kappa shape index (κ3) is 5.66. The van der Waals surface area contributed by atoms with Crippen LogP contribution in [0.15, 0.2) is 4.99 Å². The number of rotatable bonds is 3. The maximum Gasteiger partial charge on any atom is 0.193 e. The van der Waals surface area contributed by atoms with E-state index >= 15 is 0 Å². The highest BCUT2D eigenvalue weighted by Gasteiger charge is 2.38. The van der Waals surface area contributed by atoms with Crippen molar-refractivity contribution < 1.29 is 0 Å². The fraction of sp³-hybridized carbons (Fsp3) is 0.941. The average molecular weight is 454 g/mol. The Morgan fingerprint density at radius 1 is 1.26 bits per heavy atom. The molecule has 1 heterocycles. The molecule has 0 radical (unpaired) electrons. The summed E-state index contributed by atoms with van der Waals surface area (Å²) in [5.74, 6) is 2.32. The standard InChI is InChI=1S/C17H34N4S.HI/c1-16(2,20(4)5)13-19-15(18-3)21-11-12-22-17(14-21)9-7-6-8-10-17;/h6-14H2,1-5H3,(H,18,19);1H. The van der Waals surface area contributed by atoms with Gasteiger partial charge in [-0.15, -0.1) is 24.0 Å². The molecule has 0 bridgehead atoms. The van der Waals surface area contributed by atoms with Crippen LogP contribution >= 0.6 is 35.7 Å². The molecule has 0 amide bonds. The van der Waals surface area contributed by atoms with Crippen molar-refractivity contribution in [2.45, 2.75) is 56.2 Å². The summed E-state index contributed by atoms with van der Waals surface area (Å²) in [7, 11) is 6.19. The van der Waals surface area contributed by atoms with E-state index in [2.05, 4.69) is 59.8 Å². The first-order chi connectivity index (χ1) is 10.4. The predicted octanol–water partition coefficient (Wildman–Crippen LogP) is 3.27. The van der Waals surface area contributed by atoms with Crippen LogP contribution in [0.1, 0.15) is 46.0 Å². The quantitative estimate of drug-likeness (QED) is 0.403. The highest BCUT2D eigenvalue weighted by atomic mass is 127. The van der Waals surface area contributed by atoms with Crippen LogP contribution in [-0.2, 0) is 0 Å². The Balaban J connectivity index is 0.00000264. The Morgan fingerprint density at radius 2 is 1.91 bits per heavy atom. The van der Waals surface area contributed by atoms with Gasteiger partial charge in [-0.2, -0.15) is 11.8 Å². The molecule has 1 aliphatic carbocycles. The molecule has 0 unspecified atom stereocenters. The van der Waals surface area contributed by atoms with Crippen LogP contribution < -0.4 is 5.32 Å². The van der Waals surface area contributed by atoms with Gasteiger partial charge in [0.25, 0.3) is 0 Å². The van der Waals surface area contributed by atoms with Crippen molar-refractivity contribution in [3.63, 3.8) is 0 Å². The number of likely N-dealkylation sites (N-methyl/N-ethyl adjacent to an activating group) is 1. The van der Waals surface area contributed by atoms with Gasteiger partial charge in [0, 0.05) is 42.7 Å². The van der Waals surface area contributed by atoms with Gasteiger partial charge < -0.3 is 15.1 Å². The summed E-state index contributed by atoms with van der Waals surface area (Å²) >= 11 is 2.21. The molecule has 0 aromatic heterocycles. The molecule has 1 saturated heterocycles. The van der Waals surface area contributed by atoms with Crippen molar-refractivity contribution in [2.24, 2.45) is 4.99 Å².